The number of carbonyl (C=O) groups excluding carboxylic acids is 1. The normalized spacial score (nSPS) is 10.3. The molecule has 3 rings (SSSR count). The molecule has 0 aliphatic carbocycles. The first kappa shape index (κ1) is 14.5. The van der Waals surface area contributed by atoms with Gasteiger partial charge in [0, 0.05) is 12.7 Å². The molecule has 0 bridgehead atoms. The SMILES string of the molecule is C#Cc1nc(Nc2cccc(CC(=O)NC)c2)nc2nc[nH]c12. The summed E-state index contributed by atoms with van der Waals surface area (Å²) in [6.07, 6.45) is 7.30. The molecule has 0 unspecified atom stereocenters. The summed E-state index contributed by atoms with van der Waals surface area (Å²) in [5.74, 6) is 2.82. The maximum absolute atomic E-state index is 11.5. The molecule has 114 valence electrons. The van der Waals surface area contributed by atoms with Crippen LogP contribution in [0.25, 0.3) is 11.2 Å². The molecular formula is C16H14N6O. The van der Waals surface area contributed by atoms with Crippen molar-refractivity contribution >= 4 is 28.7 Å². The van der Waals surface area contributed by atoms with Crippen LogP contribution in [0.2, 0.25) is 0 Å². The predicted molar refractivity (Wildman–Crippen MR) is 87.1 cm³/mol. The second kappa shape index (κ2) is 6.15. The first-order valence-electron chi connectivity index (χ1n) is 6.94. The van der Waals surface area contributed by atoms with E-state index in [1.54, 1.807) is 7.05 Å². The highest BCUT2D eigenvalue weighted by atomic mass is 16.1. The third-order valence-corrected chi connectivity index (χ3v) is 3.25. The van der Waals surface area contributed by atoms with Gasteiger partial charge in [-0.05, 0) is 23.6 Å². The lowest BCUT2D eigenvalue weighted by Gasteiger charge is -2.07. The monoisotopic (exact) mass is 306 g/mol. The van der Waals surface area contributed by atoms with Crippen LogP contribution in [0.15, 0.2) is 30.6 Å². The standard InChI is InChI=1S/C16H14N6O/c1-3-12-14-15(19-9-18-14)22-16(21-12)20-11-6-4-5-10(7-11)8-13(23)17-2/h1,4-7,9H,8H2,2H3,(H,17,23)(H2,18,19,20,21,22). The van der Waals surface area contributed by atoms with E-state index in [1.165, 1.54) is 6.33 Å². The summed E-state index contributed by atoms with van der Waals surface area (Å²) in [7, 11) is 1.61. The van der Waals surface area contributed by atoms with Gasteiger partial charge in [-0.25, -0.2) is 9.97 Å². The molecule has 3 aromatic rings. The number of aromatic amines is 1. The van der Waals surface area contributed by atoms with Crippen molar-refractivity contribution in [2.24, 2.45) is 0 Å². The number of amides is 1. The zero-order valence-corrected chi connectivity index (χ0v) is 12.4. The fourth-order valence-corrected chi connectivity index (χ4v) is 2.16. The zero-order valence-electron chi connectivity index (χ0n) is 12.4. The van der Waals surface area contributed by atoms with Crippen LogP contribution in [0.1, 0.15) is 11.3 Å². The van der Waals surface area contributed by atoms with Crippen LogP contribution in [0, 0.1) is 12.3 Å². The number of nitrogens with zero attached hydrogens (tertiary/aromatic N) is 3. The molecule has 0 atom stereocenters. The van der Waals surface area contributed by atoms with Gasteiger partial charge in [-0.2, -0.15) is 4.98 Å². The van der Waals surface area contributed by atoms with Gasteiger partial charge in [0.25, 0.3) is 0 Å². The molecule has 0 aliphatic rings. The fraction of sp³-hybridized carbons (Fsp3) is 0.125. The van der Waals surface area contributed by atoms with E-state index in [0.717, 1.165) is 11.3 Å². The summed E-state index contributed by atoms with van der Waals surface area (Å²) in [5.41, 5.74) is 3.22. The van der Waals surface area contributed by atoms with Crippen LogP contribution in [0.5, 0.6) is 0 Å². The largest absolute Gasteiger partial charge is 0.359 e. The van der Waals surface area contributed by atoms with E-state index in [9.17, 15) is 4.79 Å². The lowest BCUT2D eigenvalue weighted by Crippen LogP contribution is -2.19. The molecule has 0 radical (unpaired) electrons. The van der Waals surface area contributed by atoms with E-state index < -0.39 is 0 Å². The van der Waals surface area contributed by atoms with Crippen molar-refractivity contribution in [2.75, 3.05) is 12.4 Å². The second-order valence-electron chi connectivity index (χ2n) is 4.82. The number of terminal acetylenes is 1. The molecule has 2 aromatic heterocycles. The Morgan fingerprint density at radius 3 is 3.04 bits per heavy atom. The summed E-state index contributed by atoms with van der Waals surface area (Å²) in [6.45, 7) is 0. The maximum atomic E-state index is 11.5. The topological polar surface area (TPSA) is 95.6 Å². The minimum absolute atomic E-state index is 0.0500. The third kappa shape index (κ3) is 3.11. The fourth-order valence-electron chi connectivity index (χ4n) is 2.16. The van der Waals surface area contributed by atoms with Gasteiger partial charge in [-0.1, -0.05) is 12.1 Å². The van der Waals surface area contributed by atoms with E-state index in [1.807, 2.05) is 24.3 Å². The number of anilines is 2. The van der Waals surface area contributed by atoms with Crippen LogP contribution in [-0.2, 0) is 11.2 Å². The van der Waals surface area contributed by atoms with E-state index in [2.05, 4.69) is 36.5 Å². The summed E-state index contributed by atoms with van der Waals surface area (Å²) in [5, 5.41) is 5.69. The number of carbonyl (C=O) groups is 1. The molecular weight excluding hydrogens is 292 g/mol. The van der Waals surface area contributed by atoms with Crippen molar-refractivity contribution in [1.82, 2.24) is 25.3 Å². The highest BCUT2D eigenvalue weighted by Crippen LogP contribution is 2.18. The van der Waals surface area contributed by atoms with Crippen molar-refractivity contribution < 1.29 is 4.79 Å². The van der Waals surface area contributed by atoms with Crippen LogP contribution in [-0.4, -0.2) is 32.9 Å². The molecule has 1 aromatic carbocycles. The predicted octanol–water partition coefficient (Wildman–Crippen LogP) is 1.37. The molecule has 0 spiro atoms. The Bertz CT molecular complexity index is 908. The van der Waals surface area contributed by atoms with Crippen molar-refractivity contribution in [1.29, 1.82) is 0 Å². The van der Waals surface area contributed by atoms with Gasteiger partial charge in [0.2, 0.25) is 11.9 Å². The highest BCUT2D eigenvalue weighted by Gasteiger charge is 2.09. The first-order valence-corrected chi connectivity index (χ1v) is 6.94. The number of fused-ring (bicyclic) bond motifs is 1. The Kier molecular flexibility index (Phi) is 3.89. The summed E-state index contributed by atoms with van der Waals surface area (Å²) >= 11 is 0. The molecule has 2 heterocycles. The average molecular weight is 306 g/mol. The van der Waals surface area contributed by atoms with Crippen molar-refractivity contribution in [2.45, 2.75) is 6.42 Å². The number of benzene rings is 1. The lowest BCUT2D eigenvalue weighted by molar-refractivity contribution is -0.119. The number of imidazole rings is 1. The molecule has 7 heteroatoms. The Labute approximate surface area is 132 Å². The molecule has 0 saturated carbocycles. The zero-order chi connectivity index (χ0) is 16.2. The maximum Gasteiger partial charge on any atom is 0.230 e. The number of nitrogens with one attached hydrogen (secondary N) is 3. The first-order chi connectivity index (χ1) is 11.2. The number of rotatable bonds is 4. The molecule has 23 heavy (non-hydrogen) atoms. The number of hydrogen-bond donors (Lipinski definition) is 3. The minimum Gasteiger partial charge on any atom is -0.359 e. The van der Waals surface area contributed by atoms with Crippen LogP contribution >= 0.6 is 0 Å². The van der Waals surface area contributed by atoms with Gasteiger partial charge in [0.15, 0.2) is 5.65 Å². The Morgan fingerprint density at radius 2 is 2.26 bits per heavy atom. The number of H-pyrrole nitrogens is 1. The number of aromatic nitrogens is 4. The smallest absolute Gasteiger partial charge is 0.230 e. The van der Waals surface area contributed by atoms with Crippen molar-refractivity contribution in [3.8, 4) is 12.3 Å². The number of likely N-dealkylation sites (N-methyl/N-ethyl adjacent to an activating group) is 1. The minimum atomic E-state index is -0.0500. The van der Waals surface area contributed by atoms with Crippen LogP contribution in [0.3, 0.4) is 0 Å². The van der Waals surface area contributed by atoms with E-state index in [0.29, 0.717) is 29.2 Å². The lowest BCUT2D eigenvalue weighted by atomic mass is 10.1. The second-order valence-corrected chi connectivity index (χ2v) is 4.82. The molecule has 1 amide bonds. The molecule has 0 aliphatic heterocycles. The third-order valence-electron chi connectivity index (χ3n) is 3.25. The summed E-state index contributed by atoms with van der Waals surface area (Å²) in [6, 6.07) is 7.46. The van der Waals surface area contributed by atoms with Crippen LogP contribution < -0.4 is 10.6 Å². The van der Waals surface area contributed by atoms with E-state index in [4.69, 9.17) is 6.42 Å². The van der Waals surface area contributed by atoms with Gasteiger partial charge in [0.1, 0.15) is 11.2 Å². The Hall–Kier alpha value is -3.40. The van der Waals surface area contributed by atoms with Gasteiger partial charge < -0.3 is 15.6 Å². The van der Waals surface area contributed by atoms with Crippen LogP contribution in [0.4, 0.5) is 11.6 Å². The molecule has 3 N–H and O–H groups in total. The molecule has 0 saturated heterocycles. The molecule has 0 fully saturated rings. The summed E-state index contributed by atoms with van der Waals surface area (Å²) in [4.78, 5) is 27.1. The Balaban J connectivity index is 1.89. The average Bonchev–Trinajstić information content (AvgIpc) is 3.02. The van der Waals surface area contributed by atoms with Gasteiger partial charge in [0.05, 0.1) is 12.7 Å². The molecule has 7 nitrogen and oxygen atoms in total. The van der Waals surface area contributed by atoms with E-state index in [-0.39, 0.29) is 5.91 Å². The highest BCUT2D eigenvalue weighted by molar-refractivity contribution is 5.79. The van der Waals surface area contributed by atoms with Crippen molar-refractivity contribution in [3.05, 3.63) is 41.9 Å². The number of hydrogen-bond acceptors (Lipinski definition) is 5. The van der Waals surface area contributed by atoms with E-state index >= 15 is 0 Å². The van der Waals surface area contributed by atoms with Gasteiger partial charge >= 0.3 is 0 Å². The van der Waals surface area contributed by atoms with Gasteiger partial charge in [-0.3, -0.25) is 4.79 Å². The van der Waals surface area contributed by atoms with Crippen molar-refractivity contribution in [3.63, 3.8) is 0 Å². The Morgan fingerprint density at radius 1 is 1.39 bits per heavy atom. The van der Waals surface area contributed by atoms with Gasteiger partial charge in [-0.15, -0.1) is 6.42 Å². The quantitative estimate of drug-likeness (QED) is 0.633. The summed E-state index contributed by atoms with van der Waals surface area (Å²) < 4.78 is 0.